The van der Waals surface area contributed by atoms with Gasteiger partial charge in [0, 0.05) is 5.02 Å². The number of nitrogens with two attached hydrogens (primary N) is 1. The van der Waals surface area contributed by atoms with E-state index in [0.717, 1.165) is 16.3 Å². The van der Waals surface area contributed by atoms with Gasteiger partial charge < -0.3 is 11.1 Å². The molecule has 3 N–H and O–H groups in total. The first kappa shape index (κ1) is 13.1. The molecule has 0 aliphatic carbocycles. The first-order chi connectivity index (χ1) is 8.59. The second-order valence-electron chi connectivity index (χ2n) is 4.09. The molecule has 18 heavy (non-hydrogen) atoms. The zero-order chi connectivity index (χ0) is 13.1. The number of nitrogen functional groups attached to an aromatic ring is 1. The molecule has 0 fully saturated rings. The van der Waals surface area contributed by atoms with Gasteiger partial charge in [0.2, 0.25) is 0 Å². The standard InChI is InChI=1S/C14H14Cl2N2/c1-9(10-5-2-3-6-11(10)15)18-13-8-4-7-12(16)14(13)17/h2-9,18H,17H2,1H3. The fraction of sp³-hybridized carbons (Fsp3) is 0.143. The Hall–Kier alpha value is -1.38. The Morgan fingerprint density at radius 2 is 1.67 bits per heavy atom. The minimum absolute atomic E-state index is 0.0551. The number of halogens is 2. The minimum Gasteiger partial charge on any atom is -0.396 e. The van der Waals surface area contributed by atoms with E-state index < -0.39 is 0 Å². The van der Waals surface area contributed by atoms with Crippen molar-refractivity contribution in [2.24, 2.45) is 0 Å². The molecule has 0 bridgehead atoms. The molecule has 0 saturated heterocycles. The van der Waals surface area contributed by atoms with E-state index in [-0.39, 0.29) is 6.04 Å². The van der Waals surface area contributed by atoms with Gasteiger partial charge in [0.25, 0.3) is 0 Å². The van der Waals surface area contributed by atoms with Gasteiger partial charge in [-0.2, -0.15) is 0 Å². The van der Waals surface area contributed by atoms with Gasteiger partial charge in [-0.3, -0.25) is 0 Å². The van der Waals surface area contributed by atoms with Crippen LogP contribution in [-0.4, -0.2) is 0 Å². The molecule has 1 atom stereocenters. The van der Waals surface area contributed by atoms with Crippen LogP contribution in [0.5, 0.6) is 0 Å². The van der Waals surface area contributed by atoms with Gasteiger partial charge in [0.05, 0.1) is 22.4 Å². The normalized spacial score (nSPS) is 12.2. The van der Waals surface area contributed by atoms with Crippen LogP contribution in [0.4, 0.5) is 11.4 Å². The summed E-state index contributed by atoms with van der Waals surface area (Å²) >= 11 is 12.1. The van der Waals surface area contributed by atoms with Crippen molar-refractivity contribution < 1.29 is 0 Å². The van der Waals surface area contributed by atoms with Gasteiger partial charge in [-0.05, 0) is 30.7 Å². The Kier molecular flexibility index (Phi) is 4.00. The lowest BCUT2D eigenvalue weighted by Gasteiger charge is -2.18. The maximum absolute atomic E-state index is 6.16. The summed E-state index contributed by atoms with van der Waals surface area (Å²) in [6.07, 6.45) is 0. The third kappa shape index (κ3) is 2.71. The smallest absolute Gasteiger partial charge is 0.0739 e. The average molecular weight is 281 g/mol. The Bertz CT molecular complexity index is 555. The van der Waals surface area contributed by atoms with Crippen LogP contribution in [0.3, 0.4) is 0 Å². The third-order valence-corrected chi connectivity index (χ3v) is 3.47. The van der Waals surface area contributed by atoms with E-state index >= 15 is 0 Å². The summed E-state index contributed by atoms with van der Waals surface area (Å²) in [5.74, 6) is 0. The molecule has 0 aliphatic rings. The second-order valence-corrected chi connectivity index (χ2v) is 4.90. The minimum atomic E-state index is 0.0551. The molecular weight excluding hydrogens is 267 g/mol. The molecule has 0 heterocycles. The molecule has 0 aromatic heterocycles. The summed E-state index contributed by atoms with van der Waals surface area (Å²) in [6, 6.07) is 13.3. The molecule has 1 unspecified atom stereocenters. The summed E-state index contributed by atoms with van der Waals surface area (Å²) in [4.78, 5) is 0. The van der Waals surface area contributed by atoms with Gasteiger partial charge in [-0.1, -0.05) is 47.5 Å². The van der Waals surface area contributed by atoms with E-state index in [4.69, 9.17) is 28.9 Å². The monoisotopic (exact) mass is 280 g/mol. The van der Waals surface area contributed by atoms with Crippen LogP contribution in [0.15, 0.2) is 42.5 Å². The molecule has 94 valence electrons. The lowest BCUT2D eigenvalue weighted by atomic mass is 10.1. The number of benzene rings is 2. The largest absolute Gasteiger partial charge is 0.396 e. The Labute approximate surface area is 117 Å². The van der Waals surface area contributed by atoms with Crippen LogP contribution >= 0.6 is 23.2 Å². The lowest BCUT2D eigenvalue weighted by Crippen LogP contribution is -2.09. The van der Waals surface area contributed by atoms with Gasteiger partial charge in [0.1, 0.15) is 0 Å². The van der Waals surface area contributed by atoms with Gasteiger partial charge >= 0.3 is 0 Å². The number of rotatable bonds is 3. The summed E-state index contributed by atoms with van der Waals surface area (Å²) < 4.78 is 0. The summed E-state index contributed by atoms with van der Waals surface area (Å²) in [5, 5.41) is 4.60. The highest BCUT2D eigenvalue weighted by Gasteiger charge is 2.11. The van der Waals surface area contributed by atoms with Crippen molar-refractivity contribution in [2.75, 3.05) is 11.1 Å². The Morgan fingerprint density at radius 3 is 2.39 bits per heavy atom. The highest BCUT2D eigenvalue weighted by atomic mass is 35.5. The van der Waals surface area contributed by atoms with E-state index in [1.807, 2.05) is 43.3 Å². The van der Waals surface area contributed by atoms with Crippen LogP contribution < -0.4 is 11.1 Å². The summed E-state index contributed by atoms with van der Waals surface area (Å²) in [7, 11) is 0. The van der Waals surface area contributed by atoms with Crippen molar-refractivity contribution in [3.8, 4) is 0 Å². The topological polar surface area (TPSA) is 38.0 Å². The number of hydrogen-bond acceptors (Lipinski definition) is 2. The maximum Gasteiger partial charge on any atom is 0.0739 e. The predicted octanol–water partition coefficient (Wildman–Crippen LogP) is 4.75. The molecule has 0 radical (unpaired) electrons. The lowest BCUT2D eigenvalue weighted by molar-refractivity contribution is 0.886. The van der Waals surface area contributed by atoms with Gasteiger partial charge in [-0.15, -0.1) is 0 Å². The zero-order valence-corrected chi connectivity index (χ0v) is 11.5. The third-order valence-electron chi connectivity index (χ3n) is 2.80. The van der Waals surface area contributed by atoms with Gasteiger partial charge in [0.15, 0.2) is 0 Å². The number of nitrogens with one attached hydrogen (secondary N) is 1. The molecule has 2 nitrogen and oxygen atoms in total. The van der Waals surface area contributed by atoms with Crippen LogP contribution in [0.1, 0.15) is 18.5 Å². The van der Waals surface area contributed by atoms with Crippen LogP contribution in [0.2, 0.25) is 10.0 Å². The van der Waals surface area contributed by atoms with Crippen LogP contribution in [0, 0.1) is 0 Å². The van der Waals surface area contributed by atoms with E-state index in [0.29, 0.717) is 10.7 Å². The fourth-order valence-corrected chi connectivity index (χ4v) is 2.27. The highest BCUT2D eigenvalue weighted by molar-refractivity contribution is 6.33. The van der Waals surface area contributed by atoms with E-state index in [9.17, 15) is 0 Å². The molecule has 0 saturated carbocycles. The SMILES string of the molecule is CC(Nc1cccc(Cl)c1N)c1ccccc1Cl. The number of para-hydroxylation sites is 1. The first-order valence-corrected chi connectivity index (χ1v) is 6.40. The summed E-state index contributed by atoms with van der Waals surface area (Å²) in [5.41, 5.74) is 8.31. The average Bonchev–Trinajstić information content (AvgIpc) is 2.35. The quantitative estimate of drug-likeness (QED) is 0.797. The second kappa shape index (κ2) is 5.51. The van der Waals surface area contributed by atoms with Crippen molar-refractivity contribution in [3.63, 3.8) is 0 Å². The zero-order valence-electron chi connectivity index (χ0n) is 9.95. The molecule has 2 aromatic carbocycles. The molecule has 2 aromatic rings. The van der Waals surface area contributed by atoms with Crippen LogP contribution in [-0.2, 0) is 0 Å². The van der Waals surface area contributed by atoms with Crippen molar-refractivity contribution >= 4 is 34.6 Å². The van der Waals surface area contributed by atoms with Gasteiger partial charge in [-0.25, -0.2) is 0 Å². The number of hydrogen-bond donors (Lipinski definition) is 2. The predicted molar refractivity (Wildman–Crippen MR) is 79.4 cm³/mol. The molecule has 0 amide bonds. The fourth-order valence-electron chi connectivity index (χ4n) is 1.80. The van der Waals surface area contributed by atoms with E-state index in [1.165, 1.54) is 0 Å². The van der Waals surface area contributed by atoms with E-state index in [1.54, 1.807) is 6.07 Å². The van der Waals surface area contributed by atoms with Crippen molar-refractivity contribution in [2.45, 2.75) is 13.0 Å². The maximum atomic E-state index is 6.16. The molecule has 4 heteroatoms. The molecule has 0 spiro atoms. The molecule has 0 aliphatic heterocycles. The highest BCUT2D eigenvalue weighted by Crippen LogP contribution is 2.31. The van der Waals surface area contributed by atoms with Crippen LogP contribution in [0.25, 0.3) is 0 Å². The van der Waals surface area contributed by atoms with Crippen molar-refractivity contribution in [1.82, 2.24) is 0 Å². The van der Waals surface area contributed by atoms with E-state index in [2.05, 4.69) is 5.32 Å². The Balaban J connectivity index is 2.24. The van der Waals surface area contributed by atoms with Crippen molar-refractivity contribution in [3.05, 3.63) is 58.1 Å². The number of anilines is 2. The first-order valence-electron chi connectivity index (χ1n) is 5.64. The Morgan fingerprint density at radius 1 is 1.00 bits per heavy atom. The van der Waals surface area contributed by atoms with Crippen molar-refractivity contribution in [1.29, 1.82) is 0 Å². The molecular formula is C14H14Cl2N2. The summed E-state index contributed by atoms with van der Waals surface area (Å²) in [6.45, 7) is 2.03. The molecule has 2 rings (SSSR count).